The molecule has 7 heteroatoms. The summed E-state index contributed by atoms with van der Waals surface area (Å²) in [6, 6.07) is 14.0. The summed E-state index contributed by atoms with van der Waals surface area (Å²) in [6.07, 6.45) is 0. The zero-order valence-corrected chi connectivity index (χ0v) is 13.6. The molecule has 0 aromatic heterocycles. The Bertz CT molecular complexity index is 774. The van der Waals surface area contributed by atoms with Gasteiger partial charge in [-0.2, -0.15) is 5.10 Å². The minimum atomic E-state index is -0.436. The molecule has 6 nitrogen and oxygen atoms in total. The normalized spacial score (nSPS) is 11.0. The number of benzene rings is 2. The Morgan fingerprint density at radius 2 is 1.96 bits per heavy atom. The van der Waals surface area contributed by atoms with Crippen LogP contribution in [0.5, 0.6) is 0 Å². The first-order chi connectivity index (χ1) is 11.0. The lowest BCUT2D eigenvalue weighted by atomic mass is 10.1. The zero-order chi connectivity index (χ0) is 16.8. The summed E-state index contributed by atoms with van der Waals surface area (Å²) < 4.78 is 0. The van der Waals surface area contributed by atoms with Gasteiger partial charge in [-0.25, -0.2) is 0 Å². The number of nitro benzene ring substituents is 1. The fraction of sp³-hybridized carbons (Fsp3) is 0.125. The van der Waals surface area contributed by atoms with Crippen molar-refractivity contribution < 1.29 is 4.92 Å². The first-order valence-corrected chi connectivity index (χ1v) is 7.30. The van der Waals surface area contributed by atoms with Crippen molar-refractivity contribution in [1.82, 2.24) is 5.43 Å². The van der Waals surface area contributed by atoms with Gasteiger partial charge in [-0.1, -0.05) is 30.3 Å². The molecule has 2 rings (SSSR count). The highest BCUT2D eigenvalue weighted by atomic mass is 32.1. The van der Waals surface area contributed by atoms with Gasteiger partial charge in [0.05, 0.1) is 10.6 Å². The van der Waals surface area contributed by atoms with Crippen molar-refractivity contribution in [3.05, 3.63) is 69.8 Å². The van der Waals surface area contributed by atoms with Crippen LogP contribution in [0.3, 0.4) is 0 Å². The lowest BCUT2D eigenvalue weighted by Crippen LogP contribution is -2.25. The maximum atomic E-state index is 10.8. The van der Waals surface area contributed by atoms with Crippen molar-refractivity contribution in [2.24, 2.45) is 5.10 Å². The number of anilines is 1. The van der Waals surface area contributed by atoms with Gasteiger partial charge in [0, 0.05) is 23.4 Å². The molecule has 0 bridgehead atoms. The first-order valence-electron chi connectivity index (χ1n) is 6.89. The summed E-state index contributed by atoms with van der Waals surface area (Å²) in [6.45, 7) is 3.73. The van der Waals surface area contributed by atoms with E-state index in [1.165, 1.54) is 12.1 Å². The van der Waals surface area contributed by atoms with Crippen molar-refractivity contribution in [3.63, 3.8) is 0 Å². The highest BCUT2D eigenvalue weighted by Crippen LogP contribution is 2.14. The summed E-state index contributed by atoms with van der Waals surface area (Å²) in [5, 5.41) is 18.4. The Morgan fingerprint density at radius 3 is 2.65 bits per heavy atom. The van der Waals surface area contributed by atoms with Gasteiger partial charge in [-0.3, -0.25) is 15.5 Å². The average Bonchev–Trinajstić information content (AvgIpc) is 2.55. The Hall–Kier alpha value is -2.80. The molecule has 0 saturated heterocycles. The molecule has 118 valence electrons. The molecule has 2 aromatic rings. The smallest absolute Gasteiger partial charge is 0.270 e. The van der Waals surface area contributed by atoms with E-state index in [2.05, 4.69) is 15.8 Å². The Labute approximate surface area is 139 Å². The van der Waals surface area contributed by atoms with E-state index in [1.54, 1.807) is 19.1 Å². The molecule has 0 amide bonds. The van der Waals surface area contributed by atoms with Gasteiger partial charge >= 0.3 is 0 Å². The maximum absolute atomic E-state index is 10.8. The van der Waals surface area contributed by atoms with E-state index in [1.807, 2.05) is 31.2 Å². The zero-order valence-electron chi connectivity index (χ0n) is 12.7. The summed E-state index contributed by atoms with van der Waals surface area (Å²) in [7, 11) is 0. The van der Waals surface area contributed by atoms with Crippen molar-refractivity contribution in [2.45, 2.75) is 13.8 Å². The monoisotopic (exact) mass is 328 g/mol. The SMILES string of the molecule is C/C(=N/NC(=S)Nc1ccccc1C)c1cccc([N+](=O)[O-])c1. The number of aryl methyl sites for hydroxylation is 1. The van der Waals surface area contributed by atoms with Gasteiger partial charge in [0.15, 0.2) is 5.11 Å². The average molecular weight is 328 g/mol. The van der Waals surface area contributed by atoms with Crippen molar-refractivity contribution in [3.8, 4) is 0 Å². The van der Waals surface area contributed by atoms with Crippen LogP contribution in [-0.2, 0) is 0 Å². The number of thiocarbonyl (C=S) groups is 1. The lowest BCUT2D eigenvalue weighted by Gasteiger charge is -2.10. The number of non-ortho nitro benzene ring substituents is 1. The molecule has 0 atom stereocenters. The van der Waals surface area contributed by atoms with E-state index < -0.39 is 4.92 Å². The third kappa shape index (κ3) is 4.58. The Morgan fingerprint density at radius 1 is 1.22 bits per heavy atom. The molecule has 0 aliphatic rings. The molecule has 0 heterocycles. The summed E-state index contributed by atoms with van der Waals surface area (Å²) in [5.74, 6) is 0. The van der Waals surface area contributed by atoms with E-state index in [4.69, 9.17) is 12.2 Å². The van der Waals surface area contributed by atoms with Crippen LogP contribution in [0.4, 0.5) is 11.4 Å². The molecule has 2 aromatic carbocycles. The molecule has 0 spiro atoms. The van der Waals surface area contributed by atoms with Gasteiger partial charge in [0.1, 0.15) is 0 Å². The number of hydrogen-bond donors (Lipinski definition) is 2. The standard InChI is InChI=1S/C16H16N4O2S/c1-11-6-3-4-9-15(11)17-16(23)19-18-12(2)13-7-5-8-14(10-13)20(21)22/h3-10H,1-2H3,(H2,17,19,23)/b18-12-. The van der Waals surface area contributed by atoms with Crippen molar-refractivity contribution in [2.75, 3.05) is 5.32 Å². The second kappa shape index (κ2) is 7.46. The number of rotatable bonds is 4. The van der Waals surface area contributed by atoms with Gasteiger partial charge in [-0.15, -0.1) is 0 Å². The Kier molecular flexibility index (Phi) is 5.37. The molecule has 0 saturated carbocycles. The molecule has 0 radical (unpaired) electrons. The van der Waals surface area contributed by atoms with Crippen LogP contribution in [0.15, 0.2) is 53.6 Å². The number of nitro groups is 1. The number of nitrogens with zero attached hydrogens (tertiary/aromatic N) is 2. The van der Waals surface area contributed by atoms with Crippen LogP contribution in [0.25, 0.3) is 0 Å². The second-order valence-electron chi connectivity index (χ2n) is 4.89. The molecule has 2 N–H and O–H groups in total. The van der Waals surface area contributed by atoms with Crippen molar-refractivity contribution >= 4 is 34.4 Å². The molecular weight excluding hydrogens is 312 g/mol. The minimum Gasteiger partial charge on any atom is -0.331 e. The summed E-state index contributed by atoms with van der Waals surface area (Å²) >= 11 is 5.19. The molecule has 0 aliphatic carbocycles. The lowest BCUT2D eigenvalue weighted by molar-refractivity contribution is -0.384. The fourth-order valence-electron chi connectivity index (χ4n) is 1.91. The third-order valence-corrected chi connectivity index (χ3v) is 3.39. The summed E-state index contributed by atoms with van der Waals surface area (Å²) in [5.41, 5.74) is 5.99. The minimum absolute atomic E-state index is 0.0256. The van der Waals surface area contributed by atoms with E-state index >= 15 is 0 Å². The highest BCUT2D eigenvalue weighted by Gasteiger charge is 2.07. The molecule has 0 unspecified atom stereocenters. The molecule has 0 aliphatic heterocycles. The quantitative estimate of drug-likeness (QED) is 0.388. The number of nitrogens with one attached hydrogen (secondary N) is 2. The maximum Gasteiger partial charge on any atom is 0.270 e. The van der Waals surface area contributed by atoms with E-state index in [-0.39, 0.29) is 5.69 Å². The number of hydrogen-bond acceptors (Lipinski definition) is 4. The van der Waals surface area contributed by atoms with Crippen LogP contribution in [0.2, 0.25) is 0 Å². The van der Waals surface area contributed by atoms with Crippen LogP contribution in [-0.4, -0.2) is 15.7 Å². The largest absolute Gasteiger partial charge is 0.331 e. The topological polar surface area (TPSA) is 79.6 Å². The predicted octanol–water partition coefficient (Wildman–Crippen LogP) is 3.61. The molecule has 23 heavy (non-hydrogen) atoms. The number of para-hydroxylation sites is 1. The van der Waals surface area contributed by atoms with E-state index in [0.717, 1.165) is 11.3 Å². The molecule has 0 fully saturated rings. The van der Waals surface area contributed by atoms with Gasteiger partial charge in [-0.05, 0) is 37.7 Å². The van der Waals surface area contributed by atoms with Crippen LogP contribution >= 0.6 is 12.2 Å². The number of hydrazone groups is 1. The summed E-state index contributed by atoms with van der Waals surface area (Å²) in [4.78, 5) is 10.4. The van der Waals surface area contributed by atoms with E-state index in [9.17, 15) is 10.1 Å². The molecular formula is C16H16N4O2S. The second-order valence-corrected chi connectivity index (χ2v) is 5.29. The van der Waals surface area contributed by atoms with E-state index in [0.29, 0.717) is 16.4 Å². The van der Waals surface area contributed by atoms with Crippen molar-refractivity contribution in [1.29, 1.82) is 0 Å². The fourth-order valence-corrected chi connectivity index (χ4v) is 2.06. The van der Waals surface area contributed by atoms with Gasteiger partial charge in [0.25, 0.3) is 5.69 Å². The van der Waals surface area contributed by atoms with Crippen LogP contribution in [0.1, 0.15) is 18.1 Å². The predicted molar refractivity (Wildman–Crippen MR) is 95.8 cm³/mol. The third-order valence-electron chi connectivity index (χ3n) is 3.19. The first kappa shape index (κ1) is 16.6. The van der Waals surface area contributed by atoms with Gasteiger partial charge < -0.3 is 5.32 Å². The van der Waals surface area contributed by atoms with Crippen LogP contribution in [0, 0.1) is 17.0 Å². The van der Waals surface area contributed by atoms with Gasteiger partial charge in [0.2, 0.25) is 0 Å². The highest BCUT2D eigenvalue weighted by molar-refractivity contribution is 7.80. The Balaban J connectivity index is 2.04. The van der Waals surface area contributed by atoms with Crippen LogP contribution < -0.4 is 10.7 Å².